The third kappa shape index (κ3) is 8.50. The molecule has 14 heteroatoms. The van der Waals surface area contributed by atoms with E-state index < -0.39 is 23.8 Å². The number of pyridine rings is 1. The third-order valence-electron chi connectivity index (χ3n) is 10.9. The number of rotatable bonds is 10. The second-order valence-electron chi connectivity index (χ2n) is 14.5. The van der Waals surface area contributed by atoms with Crippen molar-refractivity contribution in [2.24, 2.45) is 11.7 Å². The van der Waals surface area contributed by atoms with Crippen LogP contribution in [0.25, 0.3) is 0 Å². The molecule has 0 saturated carbocycles. The van der Waals surface area contributed by atoms with Crippen molar-refractivity contribution in [3.05, 3.63) is 65.7 Å². The fourth-order valence-electron chi connectivity index (χ4n) is 7.86. The molecule has 5 N–H and O–H groups in total. The van der Waals surface area contributed by atoms with E-state index in [-0.39, 0.29) is 23.7 Å². The highest BCUT2D eigenvalue weighted by Gasteiger charge is 2.29. The average Bonchev–Trinajstić information content (AvgIpc) is 3.17. The molecule has 6 heterocycles. The lowest BCUT2D eigenvalue weighted by Gasteiger charge is -2.38. The van der Waals surface area contributed by atoms with Gasteiger partial charge in [-0.25, -0.2) is 15.0 Å². The van der Waals surface area contributed by atoms with E-state index in [9.17, 15) is 19.2 Å². The SMILES string of the molecule is NC(=O)c1ncc(N2CCCCC2)nc1Nc1ccc(C2CCN(CC3CCN(c4ccc(C(=O)NC5CCC(=O)NC5=O)nc4)CC3)CC2)cc1. The number of primary amides is 1. The Morgan fingerprint density at radius 2 is 1.58 bits per heavy atom. The summed E-state index contributed by atoms with van der Waals surface area (Å²) in [6, 6.07) is 11.3. The van der Waals surface area contributed by atoms with E-state index in [0.29, 0.717) is 24.1 Å². The van der Waals surface area contributed by atoms with Crippen LogP contribution in [-0.2, 0) is 9.59 Å². The molecule has 4 saturated heterocycles. The topological polar surface area (TPSA) is 179 Å². The summed E-state index contributed by atoms with van der Waals surface area (Å²) < 4.78 is 0. The largest absolute Gasteiger partial charge is 0.370 e. The first kappa shape index (κ1) is 35.3. The number of carbonyl (C=O) groups is 4. The van der Waals surface area contributed by atoms with Crippen molar-refractivity contribution in [2.75, 3.05) is 60.9 Å². The Morgan fingerprint density at radius 1 is 0.827 bits per heavy atom. The summed E-state index contributed by atoms with van der Waals surface area (Å²) in [6.07, 6.45) is 11.8. The molecule has 2 aromatic heterocycles. The van der Waals surface area contributed by atoms with Crippen LogP contribution >= 0.6 is 0 Å². The second kappa shape index (κ2) is 16.1. The minimum atomic E-state index is -0.722. The van der Waals surface area contributed by atoms with Crippen LogP contribution in [0.3, 0.4) is 0 Å². The molecule has 14 nitrogen and oxygen atoms in total. The minimum absolute atomic E-state index is 0.143. The van der Waals surface area contributed by atoms with E-state index in [1.807, 2.05) is 6.07 Å². The molecule has 0 aliphatic carbocycles. The number of hydrogen-bond donors (Lipinski definition) is 4. The highest BCUT2D eigenvalue weighted by Crippen LogP contribution is 2.32. The number of nitrogens with zero attached hydrogens (tertiary/aromatic N) is 6. The minimum Gasteiger partial charge on any atom is -0.370 e. The van der Waals surface area contributed by atoms with Gasteiger partial charge >= 0.3 is 0 Å². The maximum absolute atomic E-state index is 12.6. The van der Waals surface area contributed by atoms with Gasteiger partial charge in [-0.05, 0) is 106 Å². The molecule has 0 spiro atoms. The predicted molar refractivity (Wildman–Crippen MR) is 198 cm³/mol. The quantitative estimate of drug-likeness (QED) is 0.227. The Kier molecular flexibility index (Phi) is 10.9. The lowest BCUT2D eigenvalue weighted by Crippen LogP contribution is -2.52. The first-order chi connectivity index (χ1) is 25.3. The predicted octanol–water partition coefficient (Wildman–Crippen LogP) is 3.34. The van der Waals surface area contributed by atoms with Crippen LogP contribution in [0.5, 0.6) is 0 Å². The highest BCUT2D eigenvalue weighted by atomic mass is 16.2. The Balaban J connectivity index is 0.850. The monoisotopic (exact) mass is 708 g/mol. The summed E-state index contributed by atoms with van der Waals surface area (Å²) in [5.41, 5.74) is 9.19. The summed E-state index contributed by atoms with van der Waals surface area (Å²) >= 11 is 0. The Labute approximate surface area is 303 Å². The van der Waals surface area contributed by atoms with Crippen LogP contribution in [0.1, 0.15) is 90.2 Å². The molecule has 4 aliphatic rings. The number of amides is 4. The van der Waals surface area contributed by atoms with Crippen LogP contribution in [-0.4, -0.2) is 95.3 Å². The number of carbonyl (C=O) groups excluding carboxylic acids is 4. The summed E-state index contributed by atoms with van der Waals surface area (Å²) in [5, 5.41) is 8.24. The van der Waals surface area contributed by atoms with E-state index in [2.05, 4.69) is 64.9 Å². The summed E-state index contributed by atoms with van der Waals surface area (Å²) in [6.45, 7) is 7.04. The second-order valence-corrected chi connectivity index (χ2v) is 14.5. The van der Waals surface area contributed by atoms with Gasteiger partial charge in [0.2, 0.25) is 11.8 Å². The van der Waals surface area contributed by atoms with Gasteiger partial charge in [0.05, 0.1) is 18.1 Å². The summed E-state index contributed by atoms with van der Waals surface area (Å²) in [5.74, 6) is 0.503. The van der Waals surface area contributed by atoms with Crippen LogP contribution < -0.4 is 31.5 Å². The van der Waals surface area contributed by atoms with Gasteiger partial charge in [0.25, 0.3) is 11.8 Å². The zero-order chi connectivity index (χ0) is 36.0. The molecule has 1 atom stereocenters. The van der Waals surface area contributed by atoms with Crippen LogP contribution in [0.15, 0.2) is 48.8 Å². The van der Waals surface area contributed by atoms with Crippen molar-refractivity contribution < 1.29 is 19.2 Å². The zero-order valence-electron chi connectivity index (χ0n) is 29.6. The van der Waals surface area contributed by atoms with Gasteiger partial charge in [0, 0.05) is 44.8 Å². The van der Waals surface area contributed by atoms with Crippen LogP contribution in [0.2, 0.25) is 0 Å². The lowest BCUT2D eigenvalue weighted by atomic mass is 9.88. The van der Waals surface area contributed by atoms with Gasteiger partial charge in [-0.2, -0.15) is 0 Å². The molecule has 52 heavy (non-hydrogen) atoms. The van der Waals surface area contributed by atoms with Crippen molar-refractivity contribution in [3.63, 3.8) is 0 Å². The van der Waals surface area contributed by atoms with Gasteiger partial charge in [0.15, 0.2) is 11.5 Å². The fourth-order valence-corrected chi connectivity index (χ4v) is 7.86. The number of imide groups is 1. The molecular formula is C38H48N10O4. The van der Waals surface area contributed by atoms with E-state index in [1.54, 1.807) is 18.5 Å². The Hall–Kier alpha value is -5.11. The van der Waals surface area contributed by atoms with Crippen molar-refractivity contribution in [1.82, 2.24) is 30.5 Å². The number of nitrogens with one attached hydrogen (secondary N) is 3. The van der Waals surface area contributed by atoms with Gasteiger partial charge < -0.3 is 31.1 Å². The maximum Gasteiger partial charge on any atom is 0.271 e. The number of piperidine rings is 4. The third-order valence-corrected chi connectivity index (χ3v) is 10.9. The van der Waals surface area contributed by atoms with Gasteiger partial charge in [0.1, 0.15) is 17.6 Å². The van der Waals surface area contributed by atoms with E-state index >= 15 is 0 Å². The number of benzene rings is 1. The molecule has 0 bridgehead atoms. The van der Waals surface area contributed by atoms with Crippen molar-refractivity contribution in [1.29, 1.82) is 0 Å². The molecule has 4 aliphatic heterocycles. The zero-order valence-corrected chi connectivity index (χ0v) is 29.6. The Bertz CT molecular complexity index is 1750. The number of likely N-dealkylation sites (tertiary alicyclic amines) is 1. The Morgan fingerprint density at radius 3 is 2.25 bits per heavy atom. The highest BCUT2D eigenvalue weighted by molar-refractivity contribution is 6.03. The van der Waals surface area contributed by atoms with Crippen LogP contribution in [0, 0.1) is 5.92 Å². The molecule has 274 valence electrons. The maximum atomic E-state index is 12.6. The van der Waals surface area contributed by atoms with Crippen molar-refractivity contribution in [3.8, 4) is 0 Å². The number of nitrogens with two attached hydrogens (primary N) is 1. The molecule has 4 amide bonds. The van der Waals surface area contributed by atoms with E-state index in [0.717, 1.165) is 102 Å². The van der Waals surface area contributed by atoms with E-state index in [4.69, 9.17) is 10.7 Å². The van der Waals surface area contributed by atoms with Crippen LogP contribution in [0.4, 0.5) is 23.0 Å². The molecular weight excluding hydrogens is 660 g/mol. The van der Waals surface area contributed by atoms with Gasteiger partial charge in [-0.1, -0.05) is 12.1 Å². The lowest BCUT2D eigenvalue weighted by molar-refractivity contribution is -0.134. The van der Waals surface area contributed by atoms with Gasteiger partial charge in [-0.3, -0.25) is 24.5 Å². The molecule has 7 rings (SSSR count). The average molecular weight is 709 g/mol. The van der Waals surface area contributed by atoms with Crippen molar-refractivity contribution in [2.45, 2.75) is 69.7 Å². The molecule has 1 aromatic carbocycles. The summed E-state index contributed by atoms with van der Waals surface area (Å²) in [7, 11) is 0. The molecule has 4 fully saturated rings. The van der Waals surface area contributed by atoms with Gasteiger partial charge in [-0.15, -0.1) is 0 Å². The normalized spacial score (nSPS) is 20.7. The molecule has 3 aromatic rings. The number of hydrogen-bond acceptors (Lipinski definition) is 11. The first-order valence-corrected chi connectivity index (χ1v) is 18.7. The fraction of sp³-hybridized carbons (Fsp3) is 0.500. The smallest absolute Gasteiger partial charge is 0.271 e. The molecule has 1 unspecified atom stereocenters. The standard InChI is InChI=1S/C38H48N10O4/c39-35(50)34-36(44-32(23-41-34)48-16-2-1-3-17-48)42-28-6-4-26(5-7-28)27-14-18-46(19-15-27)24-25-12-20-47(21-13-25)29-8-9-30(40-22-29)37(51)43-31-10-11-33(49)45-38(31)52/h4-9,22-23,25,27,31H,1-3,10-21,24H2,(H2,39,50)(H,42,44)(H,43,51)(H,45,49,52). The van der Waals surface area contributed by atoms with E-state index in [1.165, 1.54) is 12.0 Å². The number of aromatic nitrogens is 3. The molecule has 0 radical (unpaired) electrons. The number of anilines is 4. The first-order valence-electron chi connectivity index (χ1n) is 18.7. The van der Waals surface area contributed by atoms with Crippen molar-refractivity contribution >= 4 is 46.6 Å². The summed E-state index contributed by atoms with van der Waals surface area (Å²) in [4.78, 5) is 68.7.